The van der Waals surface area contributed by atoms with E-state index in [0.717, 1.165) is 24.8 Å². The van der Waals surface area contributed by atoms with E-state index in [-0.39, 0.29) is 30.3 Å². The first kappa shape index (κ1) is 20.2. The van der Waals surface area contributed by atoms with Crippen molar-refractivity contribution in [2.45, 2.75) is 69.6 Å². The van der Waals surface area contributed by atoms with Crippen LogP contribution in [0.3, 0.4) is 0 Å². The third-order valence-corrected chi connectivity index (χ3v) is 6.57. The van der Waals surface area contributed by atoms with E-state index in [1.165, 1.54) is 18.4 Å². The van der Waals surface area contributed by atoms with Crippen LogP contribution >= 0.6 is 12.4 Å². The zero-order chi connectivity index (χ0) is 18.3. The molecule has 1 aromatic carbocycles. The van der Waals surface area contributed by atoms with Crippen LogP contribution in [0.4, 0.5) is 0 Å². The van der Waals surface area contributed by atoms with E-state index in [2.05, 4.69) is 17.4 Å². The quantitative estimate of drug-likeness (QED) is 0.861. The number of hydrogen-bond donors (Lipinski definition) is 1. The van der Waals surface area contributed by atoms with Crippen molar-refractivity contribution in [3.63, 3.8) is 0 Å². The van der Waals surface area contributed by atoms with Crippen molar-refractivity contribution in [1.82, 2.24) is 15.1 Å². The van der Waals surface area contributed by atoms with Crippen LogP contribution in [0.15, 0.2) is 24.3 Å². The van der Waals surface area contributed by atoms with Gasteiger partial charge < -0.3 is 15.1 Å². The SMILES string of the molecule is CC(=O)N1CCc2ccccc2C1CC(=O)N(C)C1CC2CCC(C1)N2.Cl. The van der Waals surface area contributed by atoms with Gasteiger partial charge in [0.15, 0.2) is 0 Å². The normalized spacial score (nSPS) is 28.9. The fourth-order valence-electron chi connectivity index (χ4n) is 5.11. The van der Waals surface area contributed by atoms with Crippen molar-refractivity contribution < 1.29 is 9.59 Å². The van der Waals surface area contributed by atoms with E-state index in [1.54, 1.807) is 6.92 Å². The third-order valence-electron chi connectivity index (χ3n) is 6.57. The molecule has 3 atom stereocenters. The summed E-state index contributed by atoms with van der Waals surface area (Å²) in [7, 11) is 1.95. The summed E-state index contributed by atoms with van der Waals surface area (Å²) in [5.41, 5.74) is 2.41. The van der Waals surface area contributed by atoms with Crippen molar-refractivity contribution in [2.24, 2.45) is 0 Å². The second-order valence-corrected chi connectivity index (χ2v) is 8.15. The van der Waals surface area contributed by atoms with Gasteiger partial charge >= 0.3 is 0 Å². The Bertz CT molecular complexity index is 698. The summed E-state index contributed by atoms with van der Waals surface area (Å²) in [5, 5.41) is 3.64. The molecule has 0 aliphatic carbocycles. The Morgan fingerprint density at radius 3 is 2.52 bits per heavy atom. The standard InChI is InChI=1S/C21H29N3O2.ClH/c1-14(25)24-10-9-15-5-3-4-6-19(15)20(24)13-21(26)23(2)18-11-16-7-8-17(12-18)22-16;/h3-6,16-18,20,22H,7-13H2,1-2H3;1H. The van der Waals surface area contributed by atoms with Crippen molar-refractivity contribution in [1.29, 1.82) is 0 Å². The molecule has 3 aliphatic rings. The first-order valence-corrected chi connectivity index (χ1v) is 9.89. The monoisotopic (exact) mass is 391 g/mol. The van der Waals surface area contributed by atoms with E-state index >= 15 is 0 Å². The summed E-state index contributed by atoms with van der Waals surface area (Å²) in [5.74, 6) is 0.212. The number of nitrogens with zero attached hydrogens (tertiary/aromatic N) is 2. The van der Waals surface area contributed by atoms with Gasteiger partial charge in [-0.05, 0) is 43.2 Å². The van der Waals surface area contributed by atoms with E-state index in [1.807, 2.05) is 29.0 Å². The molecule has 2 saturated heterocycles. The van der Waals surface area contributed by atoms with Gasteiger partial charge in [-0.15, -0.1) is 12.4 Å². The predicted octanol–water partition coefficient (Wildman–Crippen LogP) is 2.69. The number of hydrogen-bond acceptors (Lipinski definition) is 3. The van der Waals surface area contributed by atoms with Crippen molar-refractivity contribution in [2.75, 3.05) is 13.6 Å². The molecular formula is C21H30ClN3O2. The number of nitrogens with one attached hydrogen (secondary N) is 1. The molecule has 2 fully saturated rings. The number of piperidine rings is 1. The zero-order valence-electron chi connectivity index (χ0n) is 16.2. The maximum Gasteiger partial charge on any atom is 0.224 e. The summed E-state index contributed by atoms with van der Waals surface area (Å²) in [6.07, 6.45) is 5.82. The highest BCUT2D eigenvalue weighted by Crippen LogP contribution is 2.34. The summed E-state index contributed by atoms with van der Waals surface area (Å²) >= 11 is 0. The fourth-order valence-corrected chi connectivity index (χ4v) is 5.11. The largest absolute Gasteiger partial charge is 0.343 e. The van der Waals surface area contributed by atoms with Gasteiger partial charge in [0.1, 0.15) is 0 Å². The molecule has 0 spiro atoms. The minimum Gasteiger partial charge on any atom is -0.343 e. The first-order valence-electron chi connectivity index (χ1n) is 9.89. The molecule has 1 N–H and O–H groups in total. The molecule has 5 nitrogen and oxygen atoms in total. The maximum atomic E-state index is 13.1. The van der Waals surface area contributed by atoms with Crippen LogP contribution in [0.2, 0.25) is 0 Å². The predicted molar refractivity (Wildman–Crippen MR) is 108 cm³/mol. The molecule has 148 valence electrons. The Kier molecular flexibility index (Phi) is 6.11. The lowest BCUT2D eigenvalue weighted by molar-refractivity contribution is -0.137. The molecule has 0 saturated carbocycles. The summed E-state index contributed by atoms with van der Waals surface area (Å²) in [4.78, 5) is 29.1. The number of rotatable bonds is 3. The number of benzene rings is 1. The topological polar surface area (TPSA) is 52.7 Å². The van der Waals surface area contributed by atoms with Crippen LogP contribution in [0, 0.1) is 0 Å². The number of fused-ring (bicyclic) bond motifs is 3. The van der Waals surface area contributed by atoms with Crippen LogP contribution < -0.4 is 5.32 Å². The van der Waals surface area contributed by atoms with E-state index in [4.69, 9.17) is 0 Å². The van der Waals surface area contributed by atoms with Gasteiger partial charge in [0.05, 0.1) is 12.5 Å². The summed E-state index contributed by atoms with van der Waals surface area (Å²) in [6, 6.07) is 9.57. The van der Waals surface area contributed by atoms with Gasteiger partial charge in [0.2, 0.25) is 11.8 Å². The number of amides is 2. The number of halogens is 1. The smallest absolute Gasteiger partial charge is 0.224 e. The lowest BCUT2D eigenvalue weighted by Gasteiger charge is -2.39. The third kappa shape index (κ3) is 3.99. The van der Waals surface area contributed by atoms with Gasteiger partial charge in [0.25, 0.3) is 0 Å². The first-order chi connectivity index (χ1) is 12.5. The fraction of sp³-hybridized carbons (Fsp3) is 0.619. The van der Waals surface area contributed by atoms with E-state index in [9.17, 15) is 9.59 Å². The Labute approximate surface area is 167 Å². The highest BCUT2D eigenvalue weighted by atomic mass is 35.5. The number of carbonyl (C=O) groups is 2. The van der Waals surface area contributed by atoms with Crippen molar-refractivity contribution in [3.05, 3.63) is 35.4 Å². The second-order valence-electron chi connectivity index (χ2n) is 8.15. The van der Waals surface area contributed by atoms with Crippen molar-refractivity contribution >= 4 is 24.2 Å². The summed E-state index contributed by atoms with van der Waals surface area (Å²) < 4.78 is 0. The van der Waals surface area contributed by atoms with Crippen LogP contribution in [-0.2, 0) is 16.0 Å². The minimum absolute atomic E-state index is 0. The molecule has 6 heteroatoms. The molecule has 1 aromatic rings. The van der Waals surface area contributed by atoms with Gasteiger partial charge in [0, 0.05) is 38.6 Å². The Balaban J connectivity index is 0.00000210. The summed E-state index contributed by atoms with van der Waals surface area (Å²) in [6.45, 7) is 2.31. The molecule has 0 radical (unpaired) electrons. The van der Waals surface area contributed by atoms with Crippen LogP contribution in [0.1, 0.15) is 56.2 Å². The molecule has 4 rings (SSSR count). The van der Waals surface area contributed by atoms with Gasteiger partial charge in [-0.2, -0.15) is 0 Å². The van der Waals surface area contributed by atoms with Crippen LogP contribution in [0.25, 0.3) is 0 Å². The van der Waals surface area contributed by atoms with Gasteiger partial charge in [-0.1, -0.05) is 24.3 Å². The molecule has 2 amide bonds. The zero-order valence-corrected chi connectivity index (χ0v) is 17.0. The Hall–Kier alpha value is -1.59. The van der Waals surface area contributed by atoms with E-state index in [0.29, 0.717) is 31.1 Å². The molecule has 3 aliphatic heterocycles. The molecular weight excluding hydrogens is 362 g/mol. The highest BCUT2D eigenvalue weighted by Gasteiger charge is 2.38. The molecule has 3 heterocycles. The molecule has 2 bridgehead atoms. The highest BCUT2D eigenvalue weighted by molar-refractivity contribution is 5.85. The van der Waals surface area contributed by atoms with Crippen LogP contribution in [0.5, 0.6) is 0 Å². The minimum atomic E-state index is -0.133. The van der Waals surface area contributed by atoms with E-state index < -0.39 is 0 Å². The molecule has 27 heavy (non-hydrogen) atoms. The van der Waals surface area contributed by atoms with Gasteiger partial charge in [-0.3, -0.25) is 9.59 Å². The Morgan fingerprint density at radius 1 is 1.19 bits per heavy atom. The molecule has 0 aromatic heterocycles. The maximum absolute atomic E-state index is 13.1. The lowest BCUT2D eigenvalue weighted by atomic mass is 9.90. The second kappa shape index (κ2) is 8.19. The number of carbonyl (C=O) groups excluding carboxylic acids is 2. The van der Waals surface area contributed by atoms with Crippen LogP contribution in [-0.4, -0.2) is 53.3 Å². The lowest BCUT2D eigenvalue weighted by Crippen LogP contribution is -2.49. The van der Waals surface area contributed by atoms with Gasteiger partial charge in [-0.25, -0.2) is 0 Å². The Morgan fingerprint density at radius 2 is 1.85 bits per heavy atom. The van der Waals surface area contributed by atoms with Crippen molar-refractivity contribution in [3.8, 4) is 0 Å². The average molecular weight is 392 g/mol. The molecule has 3 unspecified atom stereocenters. The average Bonchev–Trinajstić information content (AvgIpc) is 2.98.